The quantitative estimate of drug-likeness (QED) is 0.460. The monoisotopic (exact) mass is 390 g/mol. The van der Waals surface area contributed by atoms with Crippen LogP contribution in [-0.4, -0.2) is 35.8 Å². The number of nitrogens with zero attached hydrogens (tertiary/aromatic N) is 6. The predicted molar refractivity (Wildman–Crippen MR) is 103 cm³/mol. The van der Waals surface area contributed by atoms with Crippen LogP contribution in [0.15, 0.2) is 48.7 Å². The van der Waals surface area contributed by atoms with Crippen molar-refractivity contribution in [3.05, 3.63) is 59.4 Å². The van der Waals surface area contributed by atoms with E-state index in [9.17, 15) is 0 Å². The molecule has 0 spiro atoms. The molecule has 0 N–H and O–H groups in total. The molecule has 1 aliphatic rings. The second-order valence-electron chi connectivity index (χ2n) is 6.50. The molecule has 9 heteroatoms. The summed E-state index contributed by atoms with van der Waals surface area (Å²) in [7, 11) is 0. The van der Waals surface area contributed by atoms with Crippen LogP contribution >= 0.6 is 11.3 Å². The van der Waals surface area contributed by atoms with Gasteiger partial charge in [-0.05, 0) is 31.2 Å². The van der Waals surface area contributed by atoms with E-state index in [1.165, 1.54) is 11.3 Å². The molecular formula is C19H14N6O2S. The summed E-state index contributed by atoms with van der Waals surface area (Å²) in [6.07, 6.45) is 1.69. The highest BCUT2D eigenvalue weighted by atomic mass is 32.1. The molecule has 138 valence electrons. The maximum atomic E-state index is 6.09. The average molecular weight is 390 g/mol. The minimum absolute atomic E-state index is 0.280. The van der Waals surface area contributed by atoms with Gasteiger partial charge in [-0.3, -0.25) is 4.40 Å². The Morgan fingerprint density at radius 3 is 2.86 bits per heavy atom. The number of para-hydroxylation sites is 2. The minimum atomic E-state index is -0.280. The normalized spacial score (nSPS) is 16.1. The van der Waals surface area contributed by atoms with Gasteiger partial charge in [0.25, 0.3) is 0 Å². The standard InChI is InChI=1S/C19H14N6O2S/c1-11-16(24-9-5-4-8-15(24)20-11)17-21-22-19-25(17)23-18(28-19)14-10-26-12-6-2-3-7-13(12)27-14/h2-9,14H,10H2,1H3/t14-/m0/s1. The van der Waals surface area contributed by atoms with Gasteiger partial charge in [0, 0.05) is 6.20 Å². The Labute approximate surface area is 163 Å². The molecule has 1 aliphatic heterocycles. The van der Waals surface area contributed by atoms with E-state index in [1.807, 2.05) is 60.0 Å². The Hall–Kier alpha value is -3.46. The first kappa shape index (κ1) is 15.6. The Balaban J connectivity index is 1.44. The number of hydrogen-bond donors (Lipinski definition) is 0. The zero-order valence-electron chi connectivity index (χ0n) is 14.8. The van der Waals surface area contributed by atoms with Gasteiger partial charge in [-0.15, -0.1) is 10.2 Å². The minimum Gasteiger partial charge on any atom is -0.485 e. The Bertz CT molecular complexity index is 1340. The number of ether oxygens (including phenoxy) is 2. The Kier molecular flexibility index (Phi) is 3.21. The van der Waals surface area contributed by atoms with Crippen LogP contribution in [-0.2, 0) is 0 Å². The van der Waals surface area contributed by atoms with E-state index in [0.29, 0.717) is 17.4 Å². The first-order valence-corrected chi connectivity index (χ1v) is 9.64. The molecule has 0 saturated carbocycles. The molecule has 28 heavy (non-hydrogen) atoms. The summed E-state index contributed by atoms with van der Waals surface area (Å²) in [5, 5.41) is 14.2. The van der Waals surface area contributed by atoms with E-state index in [2.05, 4.69) is 15.2 Å². The fourth-order valence-corrected chi connectivity index (χ4v) is 4.29. The van der Waals surface area contributed by atoms with Gasteiger partial charge in [-0.1, -0.05) is 29.5 Å². The summed E-state index contributed by atoms with van der Waals surface area (Å²) in [5.74, 6) is 2.14. The first-order valence-electron chi connectivity index (χ1n) is 8.82. The highest BCUT2D eigenvalue weighted by Crippen LogP contribution is 2.37. The maximum Gasteiger partial charge on any atom is 0.235 e. The lowest BCUT2D eigenvalue weighted by Gasteiger charge is -2.24. The molecule has 0 bridgehead atoms. The van der Waals surface area contributed by atoms with E-state index in [0.717, 1.165) is 33.5 Å². The van der Waals surface area contributed by atoms with Crippen molar-refractivity contribution in [2.75, 3.05) is 6.61 Å². The van der Waals surface area contributed by atoms with Crippen LogP contribution in [0.2, 0.25) is 0 Å². The Morgan fingerprint density at radius 1 is 1.07 bits per heavy atom. The van der Waals surface area contributed by atoms with Crippen LogP contribution in [0.5, 0.6) is 11.5 Å². The van der Waals surface area contributed by atoms with Crippen molar-refractivity contribution >= 4 is 21.9 Å². The molecule has 0 aliphatic carbocycles. The van der Waals surface area contributed by atoms with Crippen LogP contribution in [0, 0.1) is 6.92 Å². The first-order chi connectivity index (χ1) is 13.8. The lowest BCUT2D eigenvalue weighted by molar-refractivity contribution is 0.0904. The summed E-state index contributed by atoms with van der Waals surface area (Å²) in [6, 6.07) is 13.5. The third-order valence-electron chi connectivity index (χ3n) is 4.71. The van der Waals surface area contributed by atoms with Gasteiger partial charge >= 0.3 is 0 Å². The van der Waals surface area contributed by atoms with Gasteiger partial charge in [0.05, 0.1) is 5.69 Å². The van der Waals surface area contributed by atoms with Crippen molar-refractivity contribution in [3.8, 4) is 23.0 Å². The van der Waals surface area contributed by atoms with Crippen LogP contribution in [0.4, 0.5) is 0 Å². The number of hydrogen-bond acceptors (Lipinski definition) is 7. The van der Waals surface area contributed by atoms with Gasteiger partial charge in [-0.25, -0.2) is 4.98 Å². The number of benzene rings is 1. The number of rotatable bonds is 2. The molecule has 0 fully saturated rings. The number of aryl methyl sites for hydroxylation is 1. The van der Waals surface area contributed by atoms with E-state index >= 15 is 0 Å². The maximum absolute atomic E-state index is 6.09. The van der Waals surface area contributed by atoms with Crippen molar-refractivity contribution in [1.82, 2.24) is 29.2 Å². The molecule has 5 aromatic rings. The summed E-state index contributed by atoms with van der Waals surface area (Å²) in [5.41, 5.74) is 2.62. The van der Waals surface area contributed by atoms with Gasteiger partial charge in [0.15, 0.2) is 22.6 Å². The van der Waals surface area contributed by atoms with Crippen molar-refractivity contribution in [2.24, 2.45) is 0 Å². The zero-order chi connectivity index (χ0) is 18.7. The highest BCUT2D eigenvalue weighted by Gasteiger charge is 2.27. The fourth-order valence-electron chi connectivity index (χ4n) is 3.43. The fraction of sp³-hybridized carbons (Fsp3) is 0.158. The van der Waals surface area contributed by atoms with Crippen molar-refractivity contribution in [3.63, 3.8) is 0 Å². The van der Waals surface area contributed by atoms with Crippen LogP contribution in [0.3, 0.4) is 0 Å². The topological polar surface area (TPSA) is 78.8 Å². The Morgan fingerprint density at radius 2 is 1.93 bits per heavy atom. The lowest BCUT2D eigenvalue weighted by atomic mass is 10.3. The average Bonchev–Trinajstić information content (AvgIpc) is 3.39. The van der Waals surface area contributed by atoms with E-state index in [-0.39, 0.29) is 6.10 Å². The van der Waals surface area contributed by atoms with Crippen molar-refractivity contribution in [2.45, 2.75) is 13.0 Å². The molecule has 0 amide bonds. The molecule has 4 aromatic heterocycles. The number of imidazole rings is 1. The summed E-state index contributed by atoms with van der Waals surface area (Å²) in [6.45, 7) is 2.37. The van der Waals surface area contributed by atoms with Crippen LogP contribution in [0.25, 0.3) is 22.1 Å². The third kappa shape index (κ3) is 2.23. The highest BCUT2D eigenvalue weighted by molar-refractivity contribution is 7.16. The van der Waals surface area contributed by atoms with E-state index < -0.39 is 0 Å². The van der Waals surface area contributed by atoms with Crippen molar-refractivity contribution < 1.29 is 9.47 Å². The summed E-state index contributed by atoms with van der Waals surface area (Å²) in [4.78, 5) is 5.32. The molecule has 5 heterocycles. The molecule has 0 unspecified atom stereocenters. The molecule has 0 radical (unpaired) electrons. The van der Waals surface area contributed by atoms with E-state index in [4.69, 9.17) is 14.6 Å². The second kappa shape index (κ2) is 5.77. The lowest BCUT2D eigenvalue weighted by Crippen LogP contribution is -2.21. The third-order valence-corrected chi connectivity index (χ3v) is 5.70. The molecule has 1 aromatic carbocycles. The summed E-state index contributed by atoms with van der Waals surface area (Å²) >= 11 is 1.45. The second-order valence-corrected chi connectivity index (χ2v) is 7.48. The number of aromatic nitrogens is 6. The zero-order valence-corrected chi connectivity index (χ0v) is 15.6. The van der Waals surface area contributed by atoms with Crippen LogP contribution in [0.1, 0.15) is 16.8 Å². The molecule has 6 rings (SSSR count). The number of pyridine rings is 1. The molecule has 1 atom stereocenters. The summed E-state index contributed by atoms with van der Waals surface area (Å²) < 4.78 is 15.7. The van der Waals surface area contributed by atoms with Gasteiger partial charge in [0.1, 0.15) is 17.9 Å². The van der Waals surface area contributed by atoms with E-state index in [1.54, 1.807) is 4.52 Å². The predicted octanol–water partition coefficient (Wildman–Crippen LogP) is 3.32. The van der Waals surface area contributed by atoms with Gasteiger partial charge in [-0.2, -0.15) is 9.61 Å². The molecule has 0 saturated heterocycles. The van der Waals surface area contributed by atoms with Gasteiger partial charge in [0.2, 0.25) is 10.8 Å². The molecular weight excluding hydrogens is 376 g/mol. The smallest absolute Gasteiger partial charge is 0.235 e. The molecule has 8 nitrogen and oxygen atoms in total. The number of fused-ring (bicyclic) bond motifs is 3. The van der Waals surface area contributed by atoms with Gasteiger partial charge < -0.3 is 9.47 Å². The SMILES string of the molecule is Cc1nc2ccccn2c1-c1nnc2sc([C@@H]3COc4ccccc4O3)nn12. The largest absolute Gasteiger partial charge is 0.485 e. The van der Waals surface area contributed by atoms with Crippen molar-refractivity contribution in [1.29, 1.82) is 0 Å². The van der Waals surface area contributed by atoms with Crippen LogP contribution < -0.4 is 9.47 Å².